The molecule has 9 heteroatoms. The van der Waals surface area contributed by atoms with Gasteiger partial charge in [-0.05, 0) is 67.3 Å². The van der Waals surface area contributed by atoms with Crippen molar-refractivity contribution in [2.24, 2.45) is 11.3 Å². The normalized spacial score (nSPS) is 15.6. The van der Waals surface area contributed by atoms with Crippen LogP contribution in [0.5, 0.6) is 0 Å². The lowest BCUT2D eigenvalue weighted by molar-refractivity contribution is -0.113. The van der Waals surface area contributed by atoms with E-state index in [1.807, 2.05) is 35.8 Å². The largest absolute Gasteiger partial charge is 0.316 e. The summed E-state index contributed by atoms with van der Waals surface area (Å²) in [6, 6.07) is 9.80. The Morgan fingerprint density at radius 3 is 2.71 bits per heavy atom. The predicted molar refractivity (Wildman–Crippen MR) is 139 cm³/mol. The molecule has 1 amide bonds. The summed E-state index contributed by atoms with van der Waals surface area (Å²) in [5, 5.41) is 23.4. The van der Waals surface area contributed by atoms with Crippen LogP contribution in [0.3, 0.4) is 0 Å². The third-order valence-electron chi connectivity index (χ3n) is 6.32. The van der Waals surface area contributed by atoms with Crippen molar-refractivity contribution in [2.75, 3.05) is 11.1 Å². The number of thioether (sulfide) groups is 1. The summed E-state index contributed by atoms with van der Waals surface area (Å²) in [5.41, 5.74) is 2.91. The molecule has 0 bridgehead atoms. The van der Waals surface area contributed by atoms with Crippen LogP contribution in [-0.4, -0.2) is 26.4 Å². The number of carbonyl (C=O) groups is 1. The van der Waals surface area contributed by atoms with Crippen molar-refractivity contribution in [1.29, 1.82) is 5.26 Å². The molecule has 0 unspecified atom stereocenters. The minimum atomic E-state index is -0.147. The van der Waals surface area contributed by atoms with Crippen LogP contribution in [0.15, 0.2) is 29.4 Å². The first-order valence-electron chi connectivity index (χ1n) is 11.4. The molecule has 2 aromatic heterocycles. The molecule has 0 radical (unpaired) electrons. The van der Waals surface area contributed by atoms with Gasteiger partial charge in [-0.15, -0.1) is 21.5 Å². The molecule has 4 rings (SSSR count). The highest BCUT2D eigenvalue weighted by atomic mass is 35.5. The topological polar surface area (TPSA) is 83.6 Å². The van der Waals surface area contributed by atoms with Gasteiger partial charge in [-0.1, -0.05) is 44.1 Å². The van der Waals surface area contributed by atoms with Crippen molar-refractivity contribution < 1.29 is 4.79 Å². The van der Waals surface area contributed by atoms with E-state index < -0.39 is 0 Å². The summed E-state index contributed by atoms with van der Waals surface area (Å²) < 4.78 is 1.98. The molecule has 1 aliphatic carbocycles. The number of hydrogen-bond acceptors (Lipinski definition) is 6. The van der Waals surface area contributed by atoms with E-state index in [2.05, 4.69) is 42.4 Å². The Bertz CT molecular complexity index is 1230. The van der Waals surface area contributed by atoms with E-state index in [0.29, 0.717) is 33.2 Å². The first-order chi connectivity index (χ1) is 16.2. The molecular weight excluding hydrogens is 486 g/mol. The second-order valence-corrected chi connectivity index (χ2v) is 12.0. The molecule has 178 valence electrons. The van der Waals surface area contributed by atoms with Gasteiger partial charge in [0.1, 0.15) is 11.1 Å². The smallest absolute Gasteiger partial charge is 0.235 e. The first kappa shape index (κ1) is 24.8. The van der Waals surface area contributed by atoms with Crippen molar-refractivity contribution in [3.05, 3.63) is 45.3 Å². The minimum Gasteiger partial charge on any atom is -0.316 e. The van der Waals surface area contributed by atoms with E-state index in [1.165, 1.54) is 16.6 Å². The van der Waals surface area contributed by atoms with Gasteiger partial charge < -0.3 is 9.88 Å². The summed E-state index contributed by atoms with van der Waals surface area (Å²) in [6.45, 7) is 9.52. The Balaban J connectivity index is 1.45. The van der Waals surface area contributed by atoms with E-state index in [0.717, 1.165) is 36.2 Å². The molecule has 1 atom stereocenters. The van der Waals surface area contributed by atoms with Gasteiger partial charge in [-0.25, -0.2) is 0 Å². The van der Waals surface area contributed by atoms with E-state index >= 15 is 0 Å². The van der Waals surface area contributed by atoms with Crippen LogP contribution in [0.2, 0.25) is 5.02 Å². The van der Waals surface area contributed by atoms with E-state index in [4.69, 9.17) is 11.6 Å². The number of nitrogens with zero attached hydrogens (tertiary/aromatic N) is 4. The van der Waals surface area contributed by atoms with E-state index in [9.17, 15) is 10.1 Å². The highest BCUT2D eigenvalue weighted by Crippen LogP contribution is 2.44. The fourth-order valence-electron chi connectivity index (χ4n) is 4.32. The molecule has 6 nitrogen and oxygen atoms in total. The van der Waals surface area contributed by atoms with Crippen molar-refractivity contribution >= 4 is 45.6 Å². The highest BCUT2D eigenvalue weighted by molar-refractivity contribution is 7.99. The number of fused-ring (bicyclic) bond motifs is 1. The number of rotatable bonds is 6. The van der Waals surface area contributed by atoms with Crippen LogP contribution >= 0.6 is 34.7 Å². The molecule has 0 fully saturated rings. The number of amides is 1. The molecule has 1 aliphatic rings. The fraction of sp³-hybridized carbons (Fsp3) is 0.440. The van der Waals surface area contributed by atoms with Crippen molar-refractivity contribution in [3.8, 4) is 17.5 Å². The second kappa shape index (κ2) is 10.1. The highest BCUT2D eigenvalue weighted by Gasteiger charge is 2.32. The third kappa shape index (κ3) is 5.17. The Morgan fingerprint density at radius 1 is 1.32 bits per heavy atom. The van der Waals surface area contributed by atoms with Crippen LogP contribution in [0.1, 0.15) is 50.1 Å². The van der Waals surface area contributed by atoms with Crippen LogP contribution < -0.4 is 5.32 Å². The monoisotopic (exact) mass is 513 g/mol. The molecule has 0 saturated heterocycles. The van der Waals surface area contributed by atoms with Crippen molar-refractivity contribution in [2.45, 2.75) is 58.7 Å². The zero-order chi connectivity index (χ0) is 24.5. The molecule has 1 N–H and O–H groups in total. The summed E-state index contributed by atoms with van der Waals surface area (Å²) in [6.07, 6.45) is 2.94. The van der Waals surface area contributed by atoms with Gasteiger partial charge in [0, 0.05) is 22.0 Å². The van der Waals surface area contributed by atoms with Gasteiger partial charge >= 0.3 is 0 Å². The van der Waals surface area contributed by atoms with E-state index in [-0.39, 0.29) is 17.1 Å². The number of hydrogen-bond donors (Lipinski definition) is 1. The van der Waals surface area contributed by atoms with Gasteiger partial charge in [-0.3, -0.25) is 4.79 Å². The summed E-state index contributed by atoms with van der Waals surface area (Å²) in [4.78, 5) is 14.0. The average Bonchev–Trinajstić information content (AvgIpc) is 3.37. The first-order valence-corrected chi connectivity index (χ1v) is 13.6. The van der Waals surface area contributed by atoms with Crippen LogP contribution in [0.25, 0.3) is 11.4 Å². The molecule has 2 heterocycles. The van der Waals surface area contributed by atoms with Crippen molar-refractivity contribution in [1.82, 2.24) is 14.8 Å². The minimum absolute atomic E-state index is 0.147. The maximum Gasteiger partial charge on any atom is 0.235 e. The maximum absolute atomic E-state index is 12.8. The van der Waals surface area contributed by atoms with Gasteiger partial charge in [-0.2, -0.15) is 5.26 Å². The number of nitrogens with one attached hydrogen (secondary N) is 1. The molecular formula is C25H28ClN5OS2. The van der Waals surface area contributed by atoms with Crippen LogP contribution in [0, 0.1) is 22.7 Å². The Kier molecular flexibility index (Phi) is 7.36. The molecule has 1 aromatic carbocycles. The molecule has 0 saturated carbocycles. The Labute approximate surface area is 213 Å². The average molecular weight is 514 g/mol. The predicted octanol–water partition coefficient (Wildman–Crippen LogP) is 6.43. The van der Waals surface area contributed by atoms with Crippen molar-refractivity contribution in [3.63, 3.8) is 0 Å². The number of nitriles is 1. The quantitative estimate of drug-likeness (QED) is 0.384. The number of thiophene rings is 1. The lowest BCUT2D eigenvalue weighted by Gasteiger charge is -2.33. The fourth-order valence-corrected chi connectivity index (χ4v) is 6.54. The summed E-state index contributed by atoms with van der Waals surface area (Å²) >= 11 is 8.90. The second-order valence-electron chi connectivity index (χ2n) is 9.52. The Morgan fingerprint density at radius 2 is 2.06 bits per heavy atom. The number of aromatic nitrogens is 3. The third-order valence-corrected chi connectivity index (χ3v) is 8.71. The van der Waals surface area contributed by atoms with E-state index in [1.54, 1.807) is 11.3 Å². The van der Waals surface area contributed by atoms with Gasteiger partial charge in [0.25, 0.3) is 0 Å². The molecule has 0 aliphatic heterocycles. The molecule has 0 spiro atoms. The number of benzene rings is 1. The SMILES string of the molecule is CCn1c(SCC(=O)Nc2sc3c(c2C#N)CC[C@H](C(C)(C)C)C3)nnc1-c1ccc(Cl)cc1. The molecule has 3 aromatic rings. The van der Waals surface area contributed by atoms with Crippen LogP contribution in [-0.2, 0) is 24.2 Å². The standard InChI is InChI=1S/C25H28ClN5OS2/c1-5-31-22(15-6-9-17(26)10-7-15)29-30-24(31)33-14-21(32)28-23-19(13-27)18-11-8-16(25(2,3)4)12-20(18)34-23/h6-7,9-10,16H,5,8,11-12,14H2,1-4H3,(H,28,32)/t16-/m0/s1. The van der Waals surface area contributed by atoms with Gasteiger partial charge in [0.2, 0.25) is 5.91 Å². The van der Waals surface area contributed by atoms with Gasteiger partial charge in [0.05, 0.1) is 11.3 Å². The summed E-state index contributed by atoms with van der Waals surface area (Å²) in [7, 11) is 0. The number of carbonyl (C=O) groups excluding carboxylic acids is 1. The summed E-state index contributed by atoms with van der Waals surface area (Å²) in [5.74, 6) is 1.37. The van der Waals surface area contributed by atoms with Gasteiger partial charge in [0.15, 0.2) is 11.0 Å². The zero-order valence-corrected chi connectivity index (χ0v) is 22.2. The number of halogens is 1. The zero-order valence-electron chi connectivity index (χ0n) is 19.8. The molecule has 34 heavy (non-hydrogen) atoms. The Hall–Kier alpha value is -2.34. The number of anilines is 1. The maximum atomic E-state index is 12.8. The lowest BCUT2D eigenvalue weighted by atomic mass is 9.72. The lowest BCUT2D eigenvalue weighted by Crippen LogP contribution is -2.26. The van der Waals surface area contributed by atoms with Crippen LogP contribution in [0.4, 0.5) is 5.00 Å².